The molecule has 2 bridgehead atoms. The van der Waals surface area contributed by atoms with E-state index in [9.17, 15) is 9.18 Å². The van der Waals surface area contributed by atoms with Crippen molar-refractivity contribution in [3.05, 3.63) is 66.1 Å². The minimum atomic E-state index is -0.363. The van der Waals surface area contributed by atoms with Gasteiger partial charge in [0.1, 0.15) is 11.6 Å². The highest BCUT2D eigenvalue weighted by molar-refractivity contribution is 6.08. The van der Waals surface area contributed by atoms with Gasteiger partial charge in [-0.2, -0.15) is 0 Å². The number of hydrogen-bond donors (Lipinski definition) is 1. The first-order chi connectivity index (χ1) is 16.0. The van der Waals surface area contributed by atoms with Crippen molar-refractivity contribution < 1.29 is 13.9 Å². The molecular weight excluding hydrogens is 421 g/mol. The van der Waals surface area contributed by atoms with Gasteiger partial charge in [-0.3, -0.25) is 4.79 Å². The molecule has 5 rings (SSSR count). The fourth-order valence-corrected chi connectivity index (χ4v) is 4.59. The van der Waals surface area contributed by atoms with Crippen LogP contribution in [0, 0.1) is 5.82 Å². The third-order valence-electron chi connectivity index (χ3n) is 6.27. The first-order valence-corrected chi connectivity index (χ1v) is 11.3. The summed E-state index contributed by atoms with van der Waals surface area (Å²) in [5, 5.41) is 3.01. The van der Waals surface area contributed by atoms with Crippen molar-refractivity contribution in [2.45, 2.75) is 44.7 Å². The molecule has 0 aliphatic carbocycles. The number of morpholine rings is 1. The zero-order chi connectivity index (χ0) is 22.9. The third-order valence-corrected chi connectivity index (χ3v) is 6.27. The second-order valence-corrected chi connectivity index (χ2v) is 8.81. The van der Waals surface area contributed by atoms with E-state index in [2.05, 4.69) is 25.2 Å². The quantitative estimate of drug-likeness (QED) is 0.624. The molecule has 7 nitrogen and oxygen atoms in total. The Kier molecular flexibility index (Phi) is 5.76. The van der Waals surface area contributed by atoms with Crippen molar-refractivity contribution in [3.63, 3.8) is 0 Å². The topological polar surface area (TPSA) is 80.2 Å². The molecule has 4 heterocycles. The minimum Gasteiger partial charge on any atom is -0.377 e. The number of anilines is 2. The Morgan fingerprint density at radius 3 is 2.42 bits per heavy atom. The van der Waals surface area contributed by atoms with Crippen LogP contribution >= 0.6 is 0 Å². The lowest BCUT2D eigenvalue weighted by molar-refractivity contribution is 0.0903. The van der Waals surface area contributed by atoms with Crippen molar-refractivity contribution in [1.29, 1.82) is 0 Å². The number of carbonyl (C=O) groups excluding carboxylic acids is 1. The van der Waals surface area contributed by atoms with Gasteiger partial charge in [-0.05, 0) is 25.0 Å². The van der Waals surface area contributed by atoms with Gasteiger partial charge in [0.2, 0.25) is 0 Å². The molecule has 1 N–H and O–H groups in total. The van der Waals surface area contributed by atoms with Crippen LogP contribution in [0.5, 0.6) is 0 Å². The number of nitrogens with zero attached hydrogens (tertiary/aromatic N) is 4. The van der Waals surface area contributed by atoms with Gasteiger partial charge in [-0.1, -0.05) is 32.0 Å². The van der Waals surface area contributed by atoms with Gasteiger partial charge < -0.3 is 15.0 Å². The van der Waals surface area contributed by atoms with Gasteiger partial charge in [0.05, 0.1) is 36.5 Å². The molecule has 0 saturated carbocycles. The van der Waals surface area contributed by atoms with E-state index in [0.717, 1.165) is 12.8 Å². The van der Waals surface area contributed by atoms with Crippen LogP contribution in [0.3, 0.4) is 0 Å². The Hall–Kier alpha value is -3.39. The van der Waals surface area contributed by atoms with E-state index in [1.54, 1.807) is 30.5 Å². The number of halogens is 1. The molecule has 2 aromatic heterocycles. The summed E-state index contributed by atoms with van der Waals surface area (Å²) in [5.41, 5.74) is 1.80. The van der Waals surface area contributed by atoms with Gasteiger partial charge in [-0.25, -0.2) is 19.3 Å². The summed E-state index contributed by atoms with van der Waals surface area (Å²) in [4.78, 5) is 28.7. The predicted molar refractivity (Wildman–Crippen MR) is 124 cm³/mol. The van der Waals surface area contributed by atoms with Crippen LogP contribution in [0.4, 0.5) is 15.9 Å². The monoisotopic (exact) mass is 447 g/mol. The van der Waals surface area contributed by atoms with Crippen LogP contribution in [-0.2, 0) is 4.74 Å². The van der Waals surface area contributed by atoms with Crippen LogP contribution in [0.15, 0.2) is 48.9 Å². The number of nitrogens with one attached hydrogen (secondary N) is 1. The summed E-state index contributed by atoms with van der Waals surface area (Å²) < 4.78 is 20.5. The van der Waals surface area contributed by atoms with E-state index in [1.165, 1.54) is 18.5 Å². The molecule has 2 fully saturated rings. The van der Waals surface area contributed by atoms with Crippen molar-refractivity contribution in [3.8, 4) is 11.1 Å². The first kappa shape index (κ1) is 21.5. The molecule has 3 aromatic rings. The van der Waals surface area contributed by atoms with Crippen LogP contribution < -0.4 is 10.2 Å². The summed E-state index contributed by atoms with van der Waals surface area (Å²) in [6.45, 7) is 5.21. The molecule has 2 aliphatic rings. The Balaban J connectivity index is 1.58. The van der Waals surface area contributed by atoms with E-state index in [0.29, 0.717) is 47.2 Å². The molecular formula is C25H26FN5O2. The maximum atomic E-state index is 14.8. The molecule has 170 valence electrons. The lowest BCUT2D eigenvalue weighted by Crippen LogP contribution is -2.46. The smallest absolute Gasteiger partial charge is 0.258 e. The summed E-state index contributed by atoms with van der Waals surface area (Å²) in [7, 11) is 0. The number of rotatable bonds is 5. The van der Waals surface area contributed by atoms with Crippen molar-refractivity contribution in [2.75, 3.05) is 23.4 Å². The van der Waals surface area contributed by atoms with Crippen LogP contribution in [0.2, 0.25) is 0 Å². The fraction of sp³-hybridized carbons (Fsp3) is 0.360. The van der Waals surface area contributed by atoms with E-state index in [1.807, 2.05) is 13.8 Å². The number of pyridine rings is 1. The number of fused-ring (bicyclic) bond motifs is 2. The maximum absolute atomic E-state index is 14.8. The Morgan fingerprint density at radius 1 is 1.06 bits per heavy atom. The first-order valence-electron chi connectivity index (χ1n) is 11.3. The average molecular weight is 448 g/mol. The zero-order valence-electron chi connectivity index (χ0n) is 18.7. The van der Waals surface area contributed by atoms with Gasteiger partial charge in [0.15, 0.2) is 5.82 Å². The van der Waals surface area contributed by atoms with Crippen molar-refractivity contribution in [2.24, 2.45) is 0 Å². The lowest BCUT2D eigenvalue weighted by atomic mass is 10.0. The van der Waals surface area contributed by atoms with Crippen molar-refractivity contribution in [1.82, 2.24) is 15.0 Å². The molecule has 2 aliphatic heterocycles. The minimum absolute atomic E-state index is 0.163. The Labute approximate surface area is 192 Å². The standard InChI is InChI=1S/C25H26FN5O2/c1-15(2)23-28-11-16(12-29-23)25(32)30-22-20(19-5-3-4-6-21(19)26)9-10-27-24(22)31-17-7-8-18(31)14-33-13-17/h3-6,9-12,15,17-18H,7-8,13-14H2,1-2H3,(H,30,32). The SMILES string of the molecule is CC(C)c1ncc(C(=O)Nc2c(-c3ccccc3F)ccnc2N2C3CCC2COC3)cn1. The lowest BCUT2D eigenvalue weighted by Gasteiger charge is -2.37. The molecule has 0 spiro atoms. The largest absolute Gasteiger partial charge is 0.377 e. The second kappa shape index (κ2) is 8.86. The van der Waals surface area contributed by atoms with E-state index in [-0.39, 0.29) is 29.7 Å². The fourth-order valence-electron chi connectivity index (χ4n) is 4.59. The van der Waals surface area contributed by atoms with Gasteiger partial charge in [0, 0.05) is 35.6 Å². The zero-order valence-corrected chi connectivity index (χ0v) is 18.7. The van der Waals surface area contributed by atoms with E-state index in [4.69, 9.17) is 4.74 Å². The normalized spacial score (nSPS) is 19.7. The number of amides is 1. The summed E-state index contributed by atoms with van der Waals surface area (Å²) >= 11 is 0. The van der Waals surface area contributed by atoms with Crippen LogP contribution in [0.25, 0.3) is 11.1 Å². The average Bonchev–Trinajstić information content (AvgIpc) is 3.07. The van der Waals surface area contributed by atoms with E-state index >= 15 is 0 Å². The molecule has 1 aromatic carbocycles. The Bertz CT molecular complexity index is 1150. The number of ether oxygens (including phenoxy) is 1. The number of hydrogen-bond acceptors (Lipinski definition) is 6. The molecule has 1 amide bonds. The highest BCUT2D eigenvalue weighted by Crippen LogP contribution is 2.41. The van der Waals surface area contributed by atoms with Crippen molar-refractivity contribution >= 4 is 17.4 Å². The highest BCUT2D eigenvalue weighted by atomic mass is 19.1. The number of carbonyl (C=O) groups is 1. The molecule has 2 unspecified atom stereocenters. The van der Waals surface area contributed by atoms with Gasteiger partial charge in [-0.15, -0.1) is 0 Å². The number of benzene rings is 1. The second-order valence-electron chi connectivity index (χ2n) is 8.81. The van der Waals surface area contributed by atoms with Gasteiger partial charge >= 0.3 is 0 Å². The summed E-state index contributed by atoms with van der Waals surface area (Å²) in [5.74, 6) is 0.749. The molecule has 33 heavy (non-hydrogen) atoms. The molecule has 0 radical (unpaired) electrons. The molecule has 8 heteroatoms. The van der Waals surface area contributed by atoms with Gasteiger partial charge in [0.25, 0.3) is 5.91 Å². The molecule has 2 atom stereocenters. The highest BCUT2D eigenvalue weighted by Gasteiger charge is 2.40. The summed E-state index contributed by atoms with van der Waals surface area (Å²) in [6.07, 6.45) is 6.70. The predicted octanol–water partition coefficient (Wildman–Crippen LogP) is 4.42. The summed E-state index contributed by atoms with van der Waals surface area (Å²) in [6, 6.07) is 8.64. The Morgan fingerprint density at radius 2 is 1.76 bits per heavy atom. The van der Waals surface area contributed by atoms with E-state index < -0.39 is 0 Å². The van der Waals surface area contributed by atoms with Crippen LogP contribution in [-0.4, -0.2) is 46.2 Å². The third kappa shape index (κ3) is 4.06. The van der Waals surface area contributed by atoms with Crippen LogP contribution in [0.1, 0.15) is 48.8 Å². The maximum Gasteiger partial charge on any atom is 0.258 e. The number of aromatic nitrogens is 3. The molecule has 2 saturated heterocycles.